The molecule has 4 atom stereocenters. The van der Waals surface area contributed by atoms with Crippen LogP contribution in [-0.4, -0.2) is 84.6 Å². The first-order valence-corrected chi connectivity index (χ1v) is 13.2. The van der Waals surface area contributed by atoms with Gasteiger partial charge in [-0.25, -0.2) is 0 Å². The van der Waals surface area contributed by atoms with Gasteiger partial charge in [0.15, 0.2) is 0 Å². The van der Waals surface area contributed by atoms with E-state index in [2.05, 4.69) is 29.7 Å². The van der Waals surface area contributed by atoms with E-state index in [0.717, 1.165) is 41.0 Å². The van der Waals surface area contributed by atoms with Gasteiger partial charge in [-0.15, -0.1) is 5.10 Å². The Labute approximate surface area is 224 Å². The fourth-order valence-corrected chi connectivity index (χ4v) is 4.48. The second-order valence-electron chi connectivity index (χ2n) is 10.0. The first-order chi connectivity index (χ1) is 18.2. The molecule has 0 saturated carbocycles. The number of aryl methyl sites for hydroxylation is 1. The number of nitrogens with one attached hydrogen (secondary N) is 2. The van der Waals surface area contributed by atoms with Crippen molar-refractivity contribution < 1.29 is 34.3 Å². The molecule has 0 aromatic heterocycles. The minimum absolute atomic E-state index is 0.0622. The van der Waals surface area contributed by atoms with Crippen LogP contribution >= 0.6 is 0 Å². The molecule has 38 heavy (non-hydrogen) atoms. The van der Waals surface area contributed by atoms with E-state index in [-0.39, 0.29) is 18.2 Å². The fourth-order valence-electron chi connectivity index (χ4n) is 4.48. The van der Waals surface area contributed by atoms with E-state index >= 15 is 0 Å². The second kappa shape index (κ2) is 14.5. The van der Waals surface area contributed by atoms with Gasteiger partial charge in [-0.3, -0.25) is 4.79 Å². The molecule has 0 unspecified atom stereocenters. The van der Waals surface area contributed by atoms with Crippen molar-refractivity contribution in [3.8, 4) is 5.75 Å². The van der Waals surface area contributed by atoms with Gasteiger partial charge in [-0.05, 0) is 54.6 Å². The fraction of sp³-hybridized carbons (Fsp3) is 0.630. The number of carbonyl (C=O) groups is 1. The zero-order valence-corrected chi connectivity index (χ0v) is 22.5. The maximum atomic E-state index is 10.8. The average molecular weight is 535 g/mol. The number of nitrogens with two attached hydrogens (primary N) is 1. The summed E-state index contributed by atoms with van der Waals surface area (Å²) in [6.45, 7) is 8.30. The van der Waals surface area contributed by atoms with Crippen LogP contribution in [0.2, 0.25) is 0 Å². The summed E-state index contributed by atoms with van der Waals surface area (Å²) in [7, 11) is 0. The Hall–Kier alpha value is -2.70. The number of nitrogens with zero attached hydrogens (tertiary/aromatic N) is 1. The molecule has 1 fully saturated rings. The third-order valence-corrected chi connectivity index (χ3v) is 6.75. The zero-order chi connectivity index (χ0) is 27.7. The molecule has 7 N–H and O–H groups in total. The van der Waals surface area contributed by atoms with Crippen molar-refractivity contribution in [3.63, 3.8) is 0 Å². The Morgan fingerprint density at radius 2 is 2.11 bits per heavy atom. The Kier molecular flexibility index (Phi) is 11.4. The summed E-state index contributed by atoms with van der Waals surface area (Å²) in [6, 6.07) is 6.00. The number of hydrogen-bond acceptors (Lipinski definition) is 10. The van der Waals surface area contributed by atoms with Gasteiger partial charge < -0.3 is 46.0 Å². The van der Waals surface area contributed by atoms with Gasteiger partial charge in [-0.2, -0.15) is 0 Å². The third-order valence-electron chi connectivity index (χ3n) is 6.75. The molecular formula is C27H42N4O7. The molecule has 1 saturated heterocycles. The maximum Gasteiger partial charge on any atom is 0.236 e. The molecule has 0 aliphatic carbocycles. The smallest absolute Gasteiger partial charge is 0.236 e. The van der Waals surface area contributed by atoms with E-state index in [1.54, 1.807) is 0 Å². The van der Waals surface area contributed by atoms with Gasteiger partial charge in [0.25, 0.3) is 0 Å². The van der Waals surface area contributed by atoms with Crippen LogP contribution in [0.25, 0.3) is 0 Å². The number of ether oxygens (including phenoxy) is 3. The van der Waals surface area contributed by atoms with Crippen LogP contribution in [-0.2, 0) is 20.7 Å². The number of amides is 1. The number of hydrogen-bond donors (Lipinski definition) is 6. The SMILES string of the molecule is Cc1cc(OCCCNCCC(N)=O)ccc1CC1=C(C(C)C)CNN=C1O[C@H]1C[C@@H](O)[C@H](O)[C@@H](CO)O1. The first-order valence-electron chi connectivity index (χ1n) is 13.2. The first kappa shape index (κ1) is 29.9. The van der Waals surface area contributed by atoms with Crippen LogP contribution in [0.15, 0.2) is 34.4 Å². The highest BCUT2D eigenvalue weighted by molar-refractivity contribution is 5.95. The quantitative estimate of drug-likeness (QED) is 0.197. The predicted octanol–water partition coefficient (Wildman–Crippen LogP) is 0.486. The van der Waals surface area contributed by atoms with Crippen LogP contribution < -0.4 is 21.2 Å². The van der Waals surface area contributed by atoms with Gasteiger partial charge in [0.05, 0.1) is 25.9 Å². The average Bonchev–Trinajstić information content (AvgIpc) is 2.87. The van der Waals surface area contributed by atoms with Crippen LogP contribution in [0.4, 0.5) is 0 Å². The van der Waals surface area contributed by atoms with Gasteiger partial charge in [0.2, 0.25) is 18.1 Å². The lowest BCUT2D eigenvalue weighted by Gasteiger charge is -2.37. The highest BCUT2D eigenvalue weighted by Gasteiger charge is 2.38. The summed E-state index contributed by atoms with van der Waals surface area (Å²) < 4.78 is 17.7. The largest absolute Gasteiger partial charge is 0.494 e. The molecule has 11 heteroatoms. The molecule has 0 radical (unpaired) electrons. The monoisotopic (exact) mass is 534 g/mol. The lowest BCUT2D eigenvalue weighted by molar-refractivity contribution is -0.234. The minimum Gasteiger partial charge on any atom is -0.494 e. The highest BCUT2D eigenvalue weighted by atomic mass is 16.7. The van der Waals surface area contributed by atoms with Crippen molar-refractivity contribution in [3.05, 3.63) is 40.5 Å². The molecular weight excluding hydrogens is 492 g/mol. The van der Waals surface area contributed by atoms with Crippen LogP contribution in [0.5, 0.6) is 5.75 Å². The Balaban J connectivity index is 1.64. The van der Waals surface area contributed by atoms with E-state index in [1.807, 2.05) is 25.1 Å². The molecule has 212 valence electrons. The summed E-state index contributed by atoms with van der Waals surface area (Å²) in [5.74, 6) is 1.10. The third kappa shape index (κ3) is 8.40. The molecule has 3 rings (SSSR count). The lowest BCUT2D eigenvalue weighted by atomic mass is 9.90. The summed E-state index contributed by atoms with van der Waals surface area (Å²) >= 11 is 0. The topological polar surface area (TPSA) is 168 Å². The van der Waals surface area contributed by atoms with Gasteiger partial charge in [0, 0.05) is 31.4 Å². The molecule has 1 aromatic carbocycles. The molecule has 2 aliphatic heterocycles. The number of benzene rings is 1. The summed E-state index contributed by atoms with van der Waals surface area (Å²) in [6.07, 6.45) is -2.24. The summed E-state index contributed by atoms with van der Waals surface area (Å²) in [5.41, 5.74) is 12.4. The zero-order valence-electron chi connectivity index (χ0n) is 22.5. The van der Waals surface area contributed by atoms with Crippen molar-refractivity contribution in [2.45, 2.75) is 71.1 Å². The van der Waals surface area contributed by atoms with E-state index in [9.17, 15) is 20.1 Å². The van der Waals surface area contributed by atoms with E-state index in [1.165, 1.54) is 0 Å². The number of aliphatic hydroxyl groups excluding tert-OH is 3. The standard InChI is InChI=1S/C27H42N4O7/c1-16(2)21-14-30-31-27(38-25-13-22(33)26(35)23(15-32)37-25)20(21)12-18-5-6-19(11-17(18)3)36-10-4-8-29-9-7-24(28)34/h5-6,11,16,22-23,25-26,29-30,32-33,35H,4,7-10,12-15H2,1-3H3,(H2,28,34)/t22-,23-,25+,26+/m1/s1. The number of rotatable bonds is 13. The Morgan fingerprint density at radius 3 is 2.79 bits per heavy atom. The lowest BCUT2D eigenvalue weighted by Crippen LogP contribution is -2.51. The maximum absolute atomic E-state index is 10.8. The molecule has 0 bridgehead atoms. The molecule has 11 nitrogen and oxygen atoms in total. The van der Waals surface area contributed by atoms with Crippen molar-refractivity contribution in [2.75, 3.05) is 32.8 Å². The predicted molar refractivity (Wildman–Crippen MR) is 142 cm³/mol. The minimum atomic E-state index is -1.17. The molecule has 0 spiro atoms. The van der Waals surface area contributed by atoms with Crippen molar-refractivity contribution in [1.29, 1.82) is 0 Å². The summed E-state index contributed by atoms with van der Waals surface area (Å²) in [5, 5.41) is 37.3. The normalized spacial score (nSPS) is 23.7. The highest BCUT2D eigenvalue weighted by Crippen LogP contribution is 2.28. The second-order valence-corrected chi connectivity index (χ2v) is 10.0. The number of carbonyl (C=O) groups excluding carboxylic acids is 1. The Bertz CT molecular complexity index is 998. The van der Waals surface area contributed by atoms with Crippen LogP contribution in [0.3, 0.4) is 0 Å². The van der Waals surface area contributed by atoms with Gasteiger partial charge >= 0.3 is 0 Å². The van der Waals surface area contributed by atoms with Crippen molar-refractivity contribution >= 4 is 11.8 Å². The molecule has 1 aromatic rings. The van der Waals surface area contributed by atoms with Crippen molar-refractivity contribution in [2.24, 2.45) is 16.8 Å². The van der Waals surface area contributed by atoms with Crippen LogP contribution in [0, 0.1) is 12.8 Å². The van der Waals surface area contributed by atoms with E-state index < -0.39 is 31.2 Å². The van der Waals surface area contributed by atoms with E-state index in [4.69, 9.17) is 19.9 Å². The van der Waals surface area contributed by atoms with E-state index in [0.29, 0.717) is 38.4 Å². The van der Waals surface area contributed by atoms with Gasteiger partial charge in [-0.1, -0.05) is 19.9 Å². The molecule has 2 heterocycles. The number of hydrazone groups is 1. The number of primary amides is 1. The molecule has 1 amide bonds. The van der Waals surface area contributed by atoms with Crippen LogP contribution in [0.1, 0.15) is 44.2 Å². The van der Waals surface area contributed by atoms with Crippen molar-refractivity contribution in [1.82, 2.24) is 10.7 Å². The van der Waals surface area contributed by atoms with Gasteiger partial charge in [0.1, 0.15) is 18.0 Å². The molecule has 2 aliphatic rings. The number of aliphatic hydroxyl groups is 3. The Morgan fingerprint density at radius 1 is 1.32 bits per heavy atom. The summed E-state index contributed by atoms with van der Waals surface area (Å²) in [4.78, 5) is 10.8.